The highest BCUT2D eigenvalue weighted by molar-refractivity contribution is 7.97. The van der Waals surface area contributed by atoms with Gasteiger partial charge in [0.2, 0.25) is 0 Å². The van der Waals surface area contributed by atoms with Crippen LogP contribution in [0, 0.1) is 10.1 Å². The Balaban J connectivity index is 1.93. The van der Waals surface area contributed by atoms with Crippen LogP contribution in [0.5, 0.6) is 0 Å². The summed E-state index contributed by atoms with van der Waals surface area (Å²) in [7, 11) is 0. The van der Waals surface area contributed by atoms with Crippen LogP contribution < -0.4 is 5.73 Å². The first-order valence-corrected chi connectivity index (χ1v) is 6.97. The smallest absolute Gasteiger partial charge is 0.292 e. The second kappa shape index (κ2) is 6.24. The Bertz CT molecular complexity index is 573. The fourth-order valence-electron chi connectivity index (χ4n) is 1.72. The van der Waals surface area contributed by atoms with E-state index >= 15 is 0 Å². The molecule has 0 aromatic heterocycles. The molecule has 0 aliphatic heterocycles. The maximum Gasteiger partial charge on any atom is 0.292 e. The van der Waals surface area contributed by atoms with E-state index in [-0.39, 0.29) is 11.4 Å². The number of nitro benzene ring substituents is 1. The normalized spacial score (nSPS) is 10.3. The van der Waals surface area contributed by atoms with Gasteiger partial charge in [-0.05, 0) is 17.2 Å². The minimum absolute atomic E-state index is 0.0307. The van der Waals surface area contributed by atoms with E-state index < -0.39 is 4.92 Å². The lowest BCUT2D eigenvalue weighted by atomic mass is 10.2. The summed E-state index contributed by atoms with van der Waals surface area (Å²) in [5, 5.41) is 10.7. The third-order valence-corrected chi connectivity index (χ3v) is 3.74. The molecule has 2 N–H and O–H groups in total. The van der Waals surface area contributed by atoms with E-state index in [4.69, 9.17) is 5.73 Å². The number of hydrogen-bond acceptors (Lipinski definition) is 4. The van der Waals surface area contributed by atoms with Gasteiger partial charge >= 0.3 is 0 Å². The standard InChI is InChI=1S/C14H14N2O2S/c15-13-8-12(6-7-14(13)16(17)18)10-19-9-11-4-2-1-3-5-11/h1-8H,9-10,15H2. The van der Waals surface area contributed by atoms with Gasteiger partial charge in [0.25, 0.3) is 5.69 Å². The van der Waals surface area contributed by atoms with E-state index in [2.05, 4.69) is 12.1 Å². The summed E-state index contributed by atoms with van der Waals surface area (Å²) in [6, 6.07) is 15.1. The first-order valence-electron chi connectivity index (χ1n) is 5.81. The molecular weight excluding hydrogens is 260 g/mol. The summed E-state index contributed by atoms with van der Waals surface area (Å²) in [5.74, 6) is 1.70. The Labute approximate surface area is 115 Å². The van der Waals surface area contributed by atoms with Crippen molar-refractivity contribution in [2.45, 2.75) is 11.5 Å². The predicted molar refractivity (Wildman–Crippen MR) is 78.9 cm³/mol. The van der Waals surface area contributed by atoms with Crippen LogP contribution in [0.1, 0.15) is 11.1 Å². The summed E-state index contributed by atoms with van der Waals surface area (Å²) < 4.78 is 0. The van der Waals surface area contributed by atoms with Crippen LogP contribution in [0.4, 0.5) is 11.4 Å². The first kappa shape index (κ1) is 13.4. The Morgan fingerprint density at radius 3 is 2.37 bits per heavy atom. The fourth-order valence-corrected chi connectivity index (χ4v) is 2.67. The Kier molecular flexibility index (Phi) is 4.41. The molecule has 0 spiro atoms. The summed E-state index contributed by atoms with van der Waals surface area (Å²) in [5.41, 5.74) is 8.12. The van der Waals surface area contributed by atoms with Crippen LogP contribution in [0.2, 0.25) is 0 Å². The van der Waals surface area contributed by atoms with Crippen molar-refractivity contribution < 1.29 is 4.92 Å². The molecule has 0 amide bonds. The minimum Gasteiger partial charge on any atom is -0.393 e. The minimum atomic E-state index is -0.462. The van der Waals surface area contributed by atoms with Gasteiger partial charge in [-0.1, -0.05) is 36.4 Å². The van der Waals surface area contributed by atoms with Gasteiger partial charge in [0.15, 0.2) is 0 Å². The van der Waals surface area contributed by atoms with Crippen molar-refractivity contribution in [2.75, 3.05) is 5.73 Å². The van der Waals surface area contributed by atoms with Crippen LogP contribution in [0.25, 0.3) is 0 Å². The van der Waals surface area contributed by atoms with Gasteiger partial charge in [0.05, 0.1) is 4.92 Å². The number of nitrogens with two attached hydrogens (primary N) is 1. The monoisotopic (exact) mass is 274 g/mol. The van der Waals surface area contributed by atoms with Gasteiger partial charge in [0.1, 0.15) is 5.69 Å². The molecule has 0 heterocycles. The van der Waals surface area contributed by atoms with E-state index in [1.165, 1.54) is 11.6 Å². The maximum atomic E-state index is 10.7. The van der Waals surface area contributed by atoms with Crippen LogP contribution in [-0.2, 0) is 11.5 Å². The molecule has 0 aliphatic rings. The molecule has 4 nitrogen and oxygen atoms in total. The van der Waals surface area contributed by atoms with Gasteiger partial charge in [-0.2, -0.15) is 11.8 Å². The van der Waals surface area contributed by atoms with Gasteiger partial charge < -0.3 is 5.73 Å². The number of anilines is 1. The largest absolute Gasteiger partial charge is 0.393 e. The van der Waals surface area contributed by atoms with Crippen LogP contribution in [-0.4, -0.2) is 4.92 Å². The molecular formula is C14H14N2O2S. The number of benzene rings is 2. The zero-order valence-corrected chi connectivity index (χ0v) is 11.1. The average Bonchev–Trinajstić information content (AvgIpc) is 2.39. The predicted octanol–water partition coefficient (Wildman–Crippen LogP) is 3.61. The van der Waals surface area contributed by atoms with Crippen molar-refractivity contribution in [3.05, 3.63) is 69.8 Å². The van der Waals surface area contributed by atoms with Crippen molar-refractivity contribution in [3.63, 3.8) is 0 Å². The molecule has 2 rings (SSSR count). The van der Waals surface area contributed by atoms with Crippen molar-refractivity contribution in [1.82, 2.24) is 0 Å². The van der Waals surface area contributed by atoms with E-state index in [1.54, 1.807) is 23.9 Å². The first-order chi connectivity index (χ1) is 9.16. The van der Waals surface area contributed by atoms with Crippen LogP contribution in [0.3, 0.4) is 0 Å². The lowest BCUT2D eigenvalue weighted by Gasteiger charge is -2.04. The van der Waals surface area contributed by atoms with Crippen LogP contribution >= 0.6 is 11.8 Å². The van der Waals surface area contributed by atoms with E-state index in [0.717, 1.165) is 17.1 Å². The molecule has 19 heavy (non-hydrogen) atoms. The number of hydrogen-bond donors (Lipinski definition) is 1. The number of thioether (sulfide) groups is 1. The summed E-state index contributed by atoms with van der Waals surface area (Å²) in [6.07, 6.45) is 0. The molecule has 2 aromatic carbocycles. The number of nitro groups is 1. The summed E-state index contributed by atoms with van der Waals surface area (Å²) >= 11 is 1.76. The number of nitrogens with zero attached hydrogens (tertiary/aromatic N) is 1. The Morgan fingerprint density at radius 2 is 1.74 bits per heavy atom. The lowest BCUT2D eigenvalue weighted by Crippen LogP contribution is -1.96. The second-order valence-corrected chi connectivity index (χ2v) is 5.11. The zero-order valence-electron chi connectivity index (χ0n) is 10.3. The van der Waals surface area contributed by atoms with Crippen molar-refractivity contribution in [3.8, 4) is 0 Å². The van der Waals surface area contributed by atoms with E-state index in [0.29, 0.717) is 0 Å². The van der Waals surface area contributed by atoms with E-state index in [1.807, 2.05) is 18.2 Å². The third kappa shape index (κ3) is 3.72. The van der Waals surface area contributed by atoms with Crippen molar-refractivity contribution in [2.24, 2.45) is 0 Å². The molecule has 0 radical (unpaired) electrons. The van der Waals surface area contributed by atoms with Gasteiger partial charge in [-0.3, -0.25) is 10.1 Å². The zero-order chi connectivity index (χ0) is 13.7. The Morgan fingerprint density at radius 1 is 1.05 bits per heavy atom. The molecule has 0 unspecified atom stereocenters. The highest BCUT2D eigenvalue weighted by Crippen LogP contribution is 2.25. The molecule has 0 aliphatic carbocycles. The summed E-state index contributed by atoms with van der Waals surface area (Å²) in [6.45, 7) is 0. The van der Waals surface area contributed by atoms with Crippen LogP contribution in [0.15, 0.2) is 48.5 Å². The topological polar surface area (TPSA) is 69.2 Å². The average molecular weight is 274 g/mol. The van der Waals surface area contributed by atoms with Gasteiger partial charge in [-0.15, -0.1) is 0 Å². The van der Waals surface area contributed by atoms with E-state index in [9.17, 15) is 10.1 Å². The summed E-state index contributed by atoms with van der Waals surface area (Å²) in [4.78, 5) is 10.2. The fraction of sp³-hybridized carbons (Fsp3) is 0.143. The quantitative estimate of drug-likeness (QED) is 0.513. The highest BCUT2D eigenvalue weighted by Gasteiger charge is 2.10. The SMILES string of the molecule is Nc1cc(CSCc2ccccc2)ccc1[N+](=O)[O-]. The molecule has 0 atom stereocenters. The molecule has 0 bridgehead atoms. The van der Waals surface area contributed by atoms with Gasteiger partial charge in [0, 0.05) is 17.6 Å². The molecule has 5 heteroatoms. The lowest BCUT2D eigenvalue weighted by molar-refractivity contribution is -0.383. The van der Waals surface area contributed by atoms with Gasteiger partial charge in [-0.25, -0.2) is 0 Å². The maximum absolute atomic E-state index is 10.7. The Hall–Kier alpha value is -2.01. The molecule has 0 saturated heterocycles. The molecule has 98 valence electrons. The van der Waals surface area contributed by atoms with Crippen molar-refractivity contribution >= 4 is 23.1 Å². The molecule has 0 saturated carbocycles. The number of rotatable bonds is 5. The molecule has 2 aromatic rings. The second-order valence-electron chi connectivity index (χ2n) is 4.13. The molecule has 0 fully saturated rings. The van der Waals surface area contributed by atoms with Crippen molar-refractivity contribution in [1.29, 1.82) is 0 Å². The third-order valence-electron chi connectivity index (χ3n) is 2.67. The highest BCUT2D eigenvalue weighted by atomic mass is 32.2. The number of nitrogen functional groups attached to an aromatic ring is 1.